The molecular formula is C15H25ClN2O5S2. The van der Waals surface area contributed by atoms with Crippen molar-refractivity contribution >= 4 is 32.3 Å². The molecule has 10 heteroatoms. The van der Waals surface area contributed by atoms with Crippen molar-refractivity contribution in [3.8, 4) is 0 Å². The zero-order valence-electron chi connectivity index (χ0n) is 14.3. The summed E-state index contributed by atoms with van der Waals surface area (Å²) in [4.78, 5) is 0.145. The Kier molecular flexibility index (Phi) is 7.85. The molecule has 1 fully saturated rings. The number of hydrogen-bond donors (Lipinski definition) is 2. The van der Waals surface area contributed by atoms with Crippen LogP contribution in [0.2, 0.25) is 0 Å². The van der Waals surface area contributed by atoms with Gasteiger partial charge < -0.3 is 10.1 Å². The quantitative estimate of drug-likeness (QED) is 0.687. The van der Waals surface area contributed by atoms with Gasteiger partial charge in [0.05, 0.1) is 16.4 Å². The fraction of sp³-hybridized carbons (Fsp3) is 0.600. The molecule has 0 radical (unpaired) electrons. The van der Waals surface area contributed by atoms with Crippen LogP contribution in [0.4, 0.5) is 0 Å². The van der Waals surface area contributed by atoms with Gasteiger partial charge in [-0.25, -0.2) is 21.6 Å². The van der Waals surface area contributed by atoms with Crippen LogP contribution >= 0.6 is 12.4 Å². The van der Waals surface area contributed by atoms with Crippen molar-refractivity contribution in [2.24, 2.45) is 5.41 Å². The summed E-state index contributed by atoms with van der Waals surface area (Å²) < 4.78 is 55.8. The number of rotatable bonds is 7. The van der Waals surface area contributed by atoms with E-state index in [9.17, 15) is 16.8 Å². The summed E-state index contributed by atoms with van der Waals surface area (Å²) in [5.41, 5.74) is -0.222. The highest BCUT2D eigenvalue weighted by atomic mass is 35.5. The van der Waals surface area contributed by atoms with Crippen LogP contribution < -0.4 is 10.0 Å². The Bertz CT molecular complexity index is 752. The highest BCUT2D eigenvalue weighted by molar-refractivity contribution is 7.90. The summed E-state index contributed by atoms with van der Waals surface area (Å²) in [6.45, 7) is 2.44. The van der Waals surface area contributed by atoms with E-state index in [-0.39, 0.29) is 27.6 Å². The Morgan fingerprint density at radius 2 is 1.60 bits per heavy atom. The van der Waals surface area contributed by atoms with Gasteiger partial charge >= 0.3 is 0 Å². The Morgan fingerprint density at radius 3 is 2.08 bits per heavy atom. The van der Waals surface area contributed by atoms with E-state index in [1.165, 1.54) is 24.3 Å². The Hall–Kier alpha value is -0.710. The first-order valence-electron chi connectivity index (χ1n) is 7.68. The SMILES string of the molecule is COCC1(CNS(=O)(=O)c2ccc(S(C)(=O)=O)cc2)CCNCC1.Cl. The van der Waals surface area contributed by atoms with Crippen LogP contribution in [0.15, 0.2) is 34.1 Å². The van der Waals surface area contributed by atoms with Crippen LogP contribution in [0.5, 0.6) is 0 Å². The number of piperidine rings is 1. The molecule has 1 aliphatic heterocycles. The summed E-state index contributed by atoms with van der Waals surface area (Å²) in [5.74, 6) is 0. The molecular weight excluding hydrogens is 388 g/mol. The lowest BCUT2D eigenvalue weighted by Crippen LogP contribution is -2.47. The third-order valence-electron chi connectivity index (χ3n) is 4.31. The molecule has 1 aromatic carbocycles. The van der Waals surface area contributed by atoms with Crippen molar-refractivity contribution in [3.63, 3.8) is 0 Å². The van der Waals surface area contributed by atoms with Gasteiger partial charge in [-0.15, -0.1) is 12.4 Å². The molecule has 7 nitrogen and oxygen atoms in total. The van der Waals surface area contributed by atoms with Gasteiger partial charge in [-0.05, 0) is 50.2 Å². The average molecular weight is 413 g/mol. The normalized spacial score (nSPS) is 17.7. The van der Waals surface area contributed by atoms with E-state index >= 15 is 0 Å². The smallest absolute Gasteiger partial charge is 0.240 e. The van der Waals surface area contributed by atoms with Gasteiger partial charge in [-0.2, -0.15) is 0 Å². The molecule has 2 N–H and O–H groups in total. The zero-order valence-corrected chi connectivity index (χ0v) is 16.8. The number of ether oxygens (including phenoxy) is 1. The van der Waals surface area contributed by atoms with Crippen molar-refractivity contribution in [2.45, 2.75) is 22.6 Å². The van der Waals surface area contributed by atoms with Crippen molar-refractivity contribution < 1.29 is 21.6 Å². The number of sulfonamides is 1. The first-order valence-corrected chi connectivity index (χ1v) is 11.1. The summed E-state index contributed by atoms with van der Waals surface area (Å²) in [6, 6.07) is 5.23. The molecule has 0 unspecified atom stereocenters. The van der Waals surface area contributed by atoms with Crippen LogP contribution in [0, 0.1) is 5.41 Å². The third-order valence-corrected chi connectivity index (χ3v) is 6.86. The number of benzene rings is 1. The molecule has 0 aromatic heterocycles. The number of sulfone groups is 1. The monoisotopic (exact) mass is 412 g/mol. The van der Waals surface area contributed by atoms with Gasteiger partial charge in [-0.1, -0.05) is 0 Å². The van der Waals surface area contributed by atoms with E-state index < -0.39 is 19.9 Å². The molecule has 1 heterocycles. The molecule has 1 saturated heterocycles. The predicted molar refractivity (Wildman–Crippen MR) is 98.4 cm³/mol. The molecule has 0 aliphatic carbocycles. The average Bonchev–Trinajstić information content (AvgIpc) is 2.54. The maximum atomic E-state index is 12.5. The Balaban J connectivity index is 0.00000312. The van der Waals surface area contributed by atoms with Gasteiger partial charge in [0.2, 0.25) is 10.0 Å². The van der Waals surface area contributed by atoms with Crippen LogP contribution in [-0.4, -0.2) is 56.4 Å². The van der Waals surface area contributed by atoms with E-state index in [1.54, 1.807) is 7.11 Å². The lowest BCUT2D eigenvalue weighted by atomic mass is 9.80. The van der Waals surface area contributed by atoms with E-state index in [2.05, 4.69) is 10.0 Å². The number of nitrogens with one attached hydrogen (secondary N) is 2. The van der Waals surface area contributed by atoms with Crippen molar-refractivity contribution in [2.75, 3.05) is 39.6 Å². The molecule has 0 amide bonds. The first kappa shape index (κ1) is 22.3. The van der Waals surface area contributed by atoms with Crippen LogP contribution in [0.1, 0.15) is 12.8 Å². The first-order chi connectivity index (χ1) is 11.2. The van der Waals surface area contributed by atoms with Crippen molar-refractivity contribution in [3.05, 3.63) is 24.3 Å². The highest BCUT2D eigenvalue weighted by Crippen LogP contribution is 2.29. The predicted octanol–water partition coefficient (Wildman–Crippen LogP) is 0.806. The summed E-state index contributed by atoms with van der Waals surface area (Å²) in [7, 11) is -5.44. The molecule has 0 spiro atoms. The third kappa shape index (κ3) is 5.90. The maximum absolute atomic E-state index is 12.5. The molecule has 0 saturated carbocycles. The molecule has 25 heavy (non-hydrogen) atoms. The minimum Gasteiger partial charge on any atom is -0.384 e. The molecule has 1 aromatic rings. The number of hydrogen-bond acceptors (Lipinski definition) is 6. The van der Waals surface area contributed by atoms with Crippen LogP contribution in [0.3, 0.4) is 0 Å². The van der Waals surface area contributed by atoms with Gasteiger partial charge in [0.25, 0.3) is 0 Å². The van der Waals surface area contributed by atoms with Gasteiger partial charge in [-0.3, -0.25) is 0 Å². The topological polar surface area (TPSA) is 102 Å². The van der Waals surface area contributed by atoms with E-state index in [0.717, 1.165) is 32.2 Å². The number of methoxy groups -OCH3 is 1. The largest absolute Gasteiger partial charge is 0.384 e. The molecule has 1 aliphatic rings. The molecule has 2 rings (SSSR count). The second-order valence-corrected chi connectivity index (χ2v) is 10.0. The lowest BCUT2D eigenvalue weighted by molar-refractivity contribution is 0.0577. The van der Waals surface area contributed by atoms with Gasteiger partial charge in [0, 0.05) is 25.3 Å². The standard InChI is InChI=1S/C15H24N2O5S2.ClH/c1-22-12-15(7-9-16-10-8-15)11-17-24(20,21)14-5-3-13(4-6-14)23(2,18)19;/h3-6,16-17H,7-12H2,1-2H3;1H. The molecule has 0 atom stereocenters. The number of halogens is 1. The van der Waals surface area contributed by atoms with Crippen LogP contribution in [-0.2, 0) is 24.6 Å². The van der Waals surface area contributed by atoms with Crippen molar-refractivity contribution in [1.82, 2.24) is 10.0 Å². The van der Waals surface area contributed by atoms with E-state index in [4.69, 9.17) is 4.74 Å². The summed E-state index contributed by atoms with van der Waals surface area (Å²) >= 11 is 0. The Morgan fingerprint density at radius 1 is 1.08 bits per heavy atom. The summed E-state index contributed by atoms with van der Waals surface area (Å²) in [6.07, 6.45) is 2.74. The van der Waals surface area contributed by atoms with Gasteiger partial charge in [0.15, 0.2) is 9.84 Å². The fourth-order valence-electron chi connectivity index (χ4n) is 2.83. The van der Waals surface area contributed by atoms with Crippen molar-refractivity contribution in [1.29, 1.82) is 0 Å². The van der Waals surface area contributed by atoms with E-state index in [0.29, 0.717) is 13.2 Å². The lowest BCUT2D eigenvalue weighted by Gasteiger charge is -2.37. The van der Waals surface area contributed by atoms with E-state index in [1.807, 2.05) is 0 Å². The zero-order chi connectivity index (χ0) is 17.8. The Labute approximate surface area is 155 Å². The molecule has 0 bridgehead atoms. The minimum atomic E-state index is -3.70. The highest BCUT2D eigenvalue weighted by Gasteiger charge is 2.33. The maximum Gasteiger partial charge on any atom is 0.240 e. The minimum absolute atomic E-state index is 0. The second kappa shape index (κ2) is 8.79. The molecule has 144 valence electrons. The second-order valence-electron chi connectivity index (χ2n) is 6.25. The van der Waals surface area contributed by atoms with Crippen LogP contribution in [0.25, 0.3) is 0 Å². The summed E-state index contributed by atoms with van der Waals surface area (Å²) in [5, 5.41) is 3.26. The fourth-order valence-corrected chi connectivity index (χ4v) is 4.62. The van der Waals surface area contributed by atoms with Gasteiger partial charge in [0.1, 0.15) is 0 Å².